The van der Waals surface area contributed by atoms with Crippen molar-refractivity contribution in [3.05, 3.63) is 23.8 Å². The fraction of sp³-hybridized carbons (Fsp3) is 0.647. The molecule has 0 heterocycles. The number of hydrogen-bond acceptors (Lipinski definition) is 4. The lowest BCUT2D eigenvalue weighted by Gasteiger charge is -2.42. The molecule has 1 N–H and O–H groups in total. The third-order valence-electron chi connectivity index (χ3n) is 4.75. The van der Waals surface area contributed by atoms with Gasteiger partial charge in [0, 0.05) is 7.11 Å². The SMILES string of the molecule is COc1ccc(C(O)C2(OC)CCC(C)CC2)cc1OC. The van der Waals surface area contributed by atoms with Crippen LogP contribution in [0.15, 0.2) is 18.2 Å². The Balaban J connectivity index is 2.27. The van der Waals surface area contributed by atoms with Gasteiger partial charge in [-0.15, -0.1) is 0 Å². The van der Waals surface area contributed by atoms with E-state index in [0.717, 1.165) is 31.2 Å². The topological polar surface area (TPSA) is 47.9 Å². The molecule has 1 aliphatic carbocycles. The largest absolute Gasteiger partial charge is 0.493 e. The minimum Gasteiger partial charge on any atom is -0.493 e. The molecular weight excluding hydrogens is 268 g/mol. The third-order valence-corrected chi connectivity index (χ3v) is 4.75. The molecule has 1 aliphatic rings. The minimum absolute atomic E-state index is 0.494. The predicted molar refractivity (Wildman–Crippen MR) is 81.9 cm³/mol. The summed E-state index contributed by atoms with van der Waals surface area (Å²) < 4.78 is 16.3. The van der Waals surface area contributed by atoms with Crippen LogP contribution in [0, 0.1) is 5.92 Å². The van der Waals surface area contributed by atoms with Gasteiger partial charge in [0.05, 0.1) is 19.8 Å². The van der Waals surface area contributed by atoms with E-state index in [9.17, 15) is 5.11 Å². The molecular formula is C17H26O4. The fourth-order valence-electron chi connectivity index (χ4n) is 3.17. The number of methoxy groups -OCH3 is 3. The maximum absolute atomic E-state index is 10.8. The van der Waals surface area contributed by atoms with Crippen molar-refractivity contribution in [2.45, 2.75) is 44.3 Å². The van der Waals surface area contributed by atoms with E-state index in [1.807, 2.05) is 18.2 Å². The number of aliphatic hydroxyl groups excluding tert-OH is 1. The molecule has 1 fully saturated rings. The maximum atomic E-state index is 10.8. The number of ether oxygens (including phenoxy) is 3. The molecule has 0 spiro atoms. The first-order chi connectivity index (χ1) is 10.1. The monoisotopic (exact) mass is 294 g/mol. The highest BCUT2D eigenvalue weighted by atomic mass is 16.5. The van der Waals surface area contributed by atoms with E-state index >= 15 is 0 Å². The van der Waals surface area contributed by atoms with Crippen LogP contribution in [0.25, 0.3) is 0 Å². The molecule has 1 aromatic rings. The normalized spacial score (nSPS) is 27.2. The molecule has 0 radical (unpaired) electrons. The average molecular weight is 294 g/mol. The van der Waals surface area contributed by atoms with Crippen molar-refractivity contribution < 1.29 is 19.3 Å². The van der Waals surface area contributed by atoms with Gasteiger partial charge in [-0.3, -0.25) is 0 Å². The lowest BCUT2D eigenvalue weighted by Crippen LogP contribution is -2.41. The van der Waals surface area contributed by atoms with Crippen LogP contribution in [0.1, 0.15) is 44.3 Å². The smallest absolute Gasteiger partial charge is 0.161 e. The Morgan fingerprint density at radius 1 is 1.10 bits per heavy atom. The first-order valence-electron chi connectivity index (χ1n) is 7.51. The zero-order valence-corrected chi connectivity index (χ0v) is 13.4. The lowest BCUT2D eigenvalue weighted by molar-refractivity contribution is -0.130. The summed E-state index contributed by atoms with van der Waals surface area (Å²) in [4.78, 5) is 0. The Morgan fingerprint density at radius 3 is 2.24 bits per heavy atom. The van der Waals surface area contributed by atoms with Gasteiger partial charge >= 0.3 is 0 Å². The molecule has 1 aromatic carbocycles. The zero-order valence-electron chi connectivity index (χ0n) is 13.4. The minimum atomic E-state index is -0.658. The Hall–Kier alpha value is -1.26. The number of aliphatic hydroxyl groups is 1. The first kappa shape index (κ1) is 16.1. The van der Waals surface area contributed by atoms with Gasteiger partial charge in [-0.25, -0.2) is 0 Å². The standard InChI is InChI=1S/C17H26O4/c1-12-7-9-17(21-4,10-8-12)16(18)13-5-6-14(19-2)15(11-13)20-3/h5-6,11-12,16,18H,7-10H2,1-4H3. The maximum Gasteiger partial charge on any atom is 0.161 e. The molecule has 118 valence electrons. The highest BCUT2D eigenvalue weighted by molar-refractivity contribution is 5.44. The molecule has 0 saturated heterocycles. The lowest BCUT2D eigenvalue weighted by atomic mass is 9.74. The highest BCUT2D eigenvalue weighted by Crippen LogP contribution is 2.44. The van der Waals surface area contributed by atoms with Gasteiger partial charge in [0.2, 0.25) is 0 Å². The van der Waals surface area contributed by atoms with E-state index in [4.69, 9.17) is 14.2 Å². The van der Waals surface area contributed by atoms with Crippen LogP contribution in [0.2, 0.25) is 0 Å². The molecule has 0 bridgehead atoms. The molecule has 21 heavy (non-hydrogen) atoms. The van der Waals surface area contributed by atoms with E-state index in [-0.39, 0.29) is 0 Å². The number of benzene rings is 1. The second-order valence-electron chi connectivity index (χ2n) is 5.97. The summed E-state index contributed by atoms with van der Waals surface area (Å²) in [7, 11) is 4.90. The predicted octanol–water partition coefficient (Wildman–Crippen LogP) is 3.33. The van der Waals surface area contributed by atoms with Crippen molar-refractivity contribution in [3.8, 4) is 11.5 Å². The fourth-order valence-corrected chi connectivity index (χ4v) is 3.17. The van der Waals surface area contributed by atoms with E-state index in [1.165, 1.54) is 0 Å². The van der Waals surface area contributed by atoms with Crippen LogP contribution in [0.4, 0.5) is 0 Å². The van der Waals surface area contributed by atoms with Crippen molar-refractivity contribution in [3.63, 3.8) is 0 Å². The molecule has 2 rings (SSSR count). The molecule has 0 aromatic heterocycles. The average Bonchev–Trinajstić information content (AvgIpc) is 2.54. The van der Waals surface area contributed by atoms with Gasteiger partial charge in [-0.1, -0.05) is 13.0 Å². The highest BCUT2D eigenvalue weighted by Gasteiger charge is 2.41. The van der Waals surface area contributed by atoms with E-state index < -0.39 is 11.7 Å². The molecule has 1 unspecified atom stereocenters. The molecule has 1 atom stereocenters. The summed E-state index contributed by atoms with van der Waals surface area (Å²) in [6.07, 6.45) is 3.26. The van der Waals surface area contributed by atoms with Crippen LogP contribution in [0.3, 0.4) is 0 Å². The van der Waals surface area contributed by atoms with Gasteiger partial charge in [0.25, 0.3) is 0 Å². The van der Waals surface area contributed by atoms with E-state index in [1.54, 1.807) is 21.3 Å². The summed E-state index contributed by atoms with van der Waals surface area (Å²) in [5, 5.41) is 10.8. The van der Waals surface area contributed by atoms with Gasteiger partial charge in [0.15, 0.2) is 11.5 Å². The first-order valence-corrected chi connectivity index (χ1v) is 7.51. The Morgan fingerprint density at radius 2 is 1.71 bits per heavy atom. The number of rotatable bonds is 5. The zero-order chi connectivity index (χ0) is 15.5. The van der Waals surface area contributed by atoms with E-state index in [0.29, 0.717) is 17.4 Å². The third kappa shape index (κ3) is 3.16. The molecule has 4 nitrogen and oxygen atoms in total. The van der Waals surface area contributed by atoms with Crippen LogP contribution in [-0.4, -0.2) is 32.0 Å². The Bertz CT molecular complexity index is 464. The summed E-state index contributed by atoms with van der Waals surface area (Å²) in [6.45, 7) is 2.25. The summed E-state index contributed by atoms with van der Waals surface area (Å²) in [5.41, 5.74) is 0.315. The molecule has 0 aliphatic heterocycles. The van der Waals surface area contributed by atoms with Crippen molar-refractivity contribution >= 4 is 0 Å². The Kier molecular flexibility index (Phi) is 5.12. The second-order valence-corrected chi connectivity index (χ2v) is 5.97. The van der Waals surface area contributed by atoms with Gasteiger partial charge in [-0.05, 0) is 49.3 Å². The van der Waals surface area contributed by atoms with Gasteiger partial charge < -0.3 is 19.3 Å². The summed E-state index contributed by atoms with van der Waals surface area (Å²) >= 11 is 0. The number of hydrogen-bond donors (Lipinski definition) is 1. The van der Waals surface area contributed by atoms with Crippen LogP contribution in [-0.2, 0) is 4.74 Å². The molecule has 1 saturated carbocycles. The summed E-state index contributed by atoms with van der Waals surface area (Å²) in [5.74, 6) is 1.99. The Labute approximate surface area is 127 Å². The molecule has 4 heteroatoms. The van der Waals surface area contributed by atoms with Gasteiger partial charge in [0.1, 0.15) is 6.10 Å². The van der Waals surface area contributed by atoms with Crippen LogP contribution >= 0.6 is 0 Å². The van der Waals surface area contributed by atoms with E-state index in [2.05, 4.69) is 6.92 Å². The second kappa shape index (κ2) is 6.67. The van der Waals surface area contributed by atoms with Crippen LogP contribution in [0.5, 0.6) is 11.5 Å². The quantitative estimate of drug-likeness (QED) is 0.905. The van der Waals surface area contributed by atoms with Gasteiger partial charge in [-0.2, -0.15) is 0 Å². The van der Waals surface area contributed by atoms with Crippen molar-refractivity contribution in [2.24, 2.45) is 5.92 Å². The van der Waals surface area contributed by atoms with Crippen molar-refractivity contribution in [1.29, 1.82) is 0 Å². The van der Waals surface area contributed by atoms with Crippen molar-refractivity contribution in [1.82, 2.24) is 0 Å². The molecule has 0 amide bonds. The van der Waals surface area contributed by atoms with Crippen LogP contribution < -0.4 is 9.47 Å². The van der Waals surface area contributed by atoms with Crippen molar-refractivity contribution in [2.75, 3.05) is 21.3 Å². The summed E-state index contributed by atoms with van der Waals surface area (Å²) in [6, 6.07) is 5.54.